The molecule has 0 atom stereocenters. The zero-order valence-corrected chi connectivity index (χ0v) is 12.6. The number of amides is 1. The molecule has 0 aliphatic carbocycles. The third kappa shape index (κ3) is 2.71. The summed E-state index contributed by atoms with van der Waals surface area (Å²) in [5.41, 5.74) is 6.47. The van der Waals surface area contributed by atoms with Gasteiger partial charge in [-0.2, -0.15) is 4.99 Å². The summed E-state index contributed by atoms with van der Waals surface area (Å²) in [4.78, 5) is 15.6. The molecule has 1 aliphatic heterocycles. The zero-order chi connectivity index (χ0) is 14.1. The molecule has 2 aromatic rings. The van der Waals surface area contributed by atoms with Crippen molar-refractivity contribution in [2.24, 2.45) is 10.7 Å². The fraction of sp³-hybridized carbons (Fsp3) is 0. The number of rotatable bonds is 2. The van der Waals surface area contributed by atoms with Gasteiger partial charge in [-0.05, 0) is 36.0 Å². The second-order valence-electron chi connectivity index (χ2n) is 4.07. The van der Waals surface area contributed by atoms with Gasteiger partial charge in [0, 0.05) is 16.1 Å². The van der Waals surface area contributed by atoms with Crippen LogP contribution < -0.4 is 5.73 Å². The second-order valence-corrected chi connectivity index (χ2v) is 6.05. The van der Waals surface area contributed by atoms with Gasteiger partial charge >= 0.3 is 0 Å². The van der Waals surface area contributed by atoms with Crippen molar-refractivity contribution in [2.75, 3.05) is 0 Å². The van der Waals surface area contributed by atoms with Crippen LogP contribution in [0.2, 0.25) is 0 Å². The topological polar surface area (TPSA) is 68.6 Å². The molecule has 0 radical (unpaired) electrons. The summed E-state index contributed by atoms with van der Waals surface area (Å²) in [5, 5.41) is 0.265. The van der Waals surface area contributed by atoms with Crippen molar-refractivity contribution in [3.63, 3.8) is 0 Å². The van der Waals surface area contributed by atoms with Crippen molar-refractivity contribution in [2.45, 2.75) is 0 Å². The van der Waals surface area contributed by atoms with Gasteiger partial charge in [0.1, 0.15) is 11.5 Å². The van der Waals surface area contributed by atoms with Crippen LogP contribution in [0, 0.1) is 0 Å². The third-order valence-electron chi connectivity index (χ3n) is 2.67. The van der Waals surface area contributed by atoms with E-state index < -0.39 is 0 Å². The summed E-state index contributed by atoms with van der Waals surface area (Å²) in [6.07, 6.45) is 1.65. The summed E-state index contributed by atoms with van der Waals surface area (Å²) in [6, 6.07) is 11.5. The minimum atomic E-state index is -0.325. The van der Waals surface area contributed by atoms with E-state index in [1.807, 2.05) is 36.4 Å². The highest BCUT2D eigenvalue weighted by Gasteiger charge is 2.20. The summed E-state index contributed by atoms with van der Waals surface area (Å²) in [7, 11) is 0. The molecule has 2 heterocycles. The van der Waals surface area contributed by atoms with Gasteiger partial charge in [0.25, 0.3) is 5.91 Å². The predicted octanol–water partition coefficient (Wildman–Crippen LogP) is 3.64. The van der Waals surface area contributed by atoms with Crippen molar-refractivity contribution in [1.29, 1.82) is 0 Å². The minimum absolute atomic E-state index is 0.265. The maximum absolute atomic E-state index is 11.5. The monoisotopic (exact) mass is 348 g/mol. The molecule has 1 amide bonds. The first kappa shape index (κ1) is 13.2. The maximum Gasteiger partial charge on any atom is 0.286 e. The normalized spacial score (nSPS) is 16.8. The Labute approximate surface area is 127 Å². The largest absolute Gasteiger partial charge is 0.457 e. The average Bonchev–Trinajstić information content (AvgIpc) is 2.98. The summed E-state index contributed by atoms with van der Waals surface area (Å²) in [5.74, 6) is 1.02. The number of halogens is 1. The molecule has 4 nitrogen and oxygen atoms in total. The molecule has 0 saturated heterocycles. The summed E-state index contributed by atoms with van der Waals surface area (Å²) < 4.78 is 6.72. The molecule has 2 N–H and O–H groups in total. The van der Waals surface area contributed by atoms with E-state index in [4.69, 9.17) is 10.2 Å². The van der Waals surface area contributed by atoms with Crippen molar-refractivity contribution >= 4 is 44.8 Å². The van der Waals surface area contributed by atoms with E-state index in [1.54, 1.807) is 6.08 Å². The van der Waals surface area contributed by atoms with Gasteiger partial charge in [0.2, 0.25) is 0 Å². The van der Waals surface area contributed by atoms with Crippen LogP contribution in [0.4, 0.5) is 0 Å². The van der Waals surface area contributed by atoms with Crippen LogP contribution in [0.5, 0.6) is 0 Å². The number of carbonyl (C=O) groups is 1. The van der Waals surface area contributed by atoms with Crippen molar-refractivity contribution < 1.29 is 9.21 Å². The lowest BCUT2D eigenvalue weighted by molar-refractivity contribution is -0.113. The molecule has 1 aromatic carbocycles. The van der Waals surface area contributed by atoms with Gasteiger partial charge in [-0.25, -0.2) is 0 Å². The molecule has 100 valence electrons. The van der Waals surface area contributed by atoms with Crippen molar-refractivity contribution in [1.82, 2.24) is 0 Å². The number of carbonyl (C=O) groups excluding carboxylic acids is 1. The summed E-state index contributed by atoms with van der Waals surface area (Å²) >= 11 is 4.54. The van der Waals surface area contributed by atoms with E-state index in [2.05, 4.69) is 20.9 Å². The lowest BCUT2D eigenvalue weighted by Crippen LogP contribution is -2.01. The van der Waals surface area contributed by atoms with Crippen LogP contribution >= 0.6 is 27.7 Å². The lowest BCUT2D eigenvalue weighted by Gasteiger charge is -1.97. The SMILES string of the molecule is NC1=NC(=O)C(=Cc2ccc(-c3ccc(Br)cc3)o2)S1. The zero-order valence-electron chi connectivity index (χ0n) is 10.2. The fourth-order valence-electron chi connectivity index (χ4n) is 1.75. The Balaban J connectivity index is 1.86. The first-order valence-electron chi connectivity index (χ1n) is 5.75. The van der Waals surface area contributed by atoms with Crippen LogP contribution in [0.1, 0.15) is 5.76 Å². The Kier molecular flexibility index (Phi) is 3.50. The Morgan fingerprint density at radius 2 is 1.95 bits per heavy atom. The standard InChI is InChI=1S/C14H9BrN2O2S/c15-9-3-1-8(2-4-9)11-6-5-10(19-11)7-12-13(18)17-14(16)20-12/h1-7H,(H2,16,17,18). The van der Waals surface area contributed by atoms with Crippen LogP contribution in [0.25, 0.3) is 17.4 Å². The number of furan rings is 1. The molecule has 3 rings (SSSR count). The fourth-order valence-corrected chi connectivity index (χ4v) is 2.68. The van der Waals surface area contributed by atoms with Gasteiger partial charge in [-0.1, -0.05) is 28.1 Å². The van der Waals surface area contributed by atoms with Crippen LogP contribution in [0.15, 0.2) is 55.2 Å². The molecular weight excluding hydrogens is 340 g/mol. The minimum Gasteiger partial charge on any atom is -0.457 e. The van der Waals surface area contributed by atoms with Crippen molar-refractivity contribution in [3.8, 4) is 11.3 Å². The highest BCUT2D eigenvalue weighted by Crippen LogP contribution is 2.29. The lowest BCUT2D eigenvalue weighted by atomic mass is 10.2. The quantitative estimate of drug-likeness (QED) is 0.841. The molecule has 0 fully saturated rings. The highest BCUT2D eigenvalue weighted by molar-refractivity contribution is 9.10. The van der Waals surface area contributed by atoms with Gasteiger partial charge < -0.3 is 10.2 Å². The smallest absolute Gasteiger partial charge is 0.286 e. The molecule has 0 unspecified atom stereocenters. The van der Waals surface area contributed by atoms with Crippen LogP contribution in [-0.2, 0) is 4.79 Å². The van der Waals surface area contributed by atoms with E-state index >= 15 is 0 Å². The predicted molar refractivity (Wildman–Crippen MR) is 84.0 cm³/mol. The van der Waals surface area contributed by atoms with E-state index in [-0.39, 0.29) is 11.1 Å². The number of aliphatic imine (C=N–C) groups is 1. The van der Waals surface area contributed by atoms with Gasteiger partial charge in [0.05, 0.1) is 4.91 Å². The molecular formula is C14H9BrN2O2S. The number of hydrogen-bond donors (Lipinski definition) is 1. The second kappa shape index (κ2) is 5.30. The van der Waals surface area contributed by atoms with Crippen LogP contribution in [0.3, 0.4) is 0 Å². The number of amidine groups is 1. The molecule has 1 aliphatic rings. The number of thioether (sulfide) groups is 1. The Bertz CT molecular complexity index is 732. The number of benzene rings is 1. The van der Waals surface area contributed by atoms with E-state index in [0.717, 1.165) is 27.6 Å². The molecule has 20 heavy (non-hydrogen) atoms. The van der Waals surface area contributed by atoms with Gasteiger partial charge in [-0.15, -0.1) is 0 Å². The number of nitrogens with zero attached hydrogens (tertiary/aromatic N) is 1. The number of hydrogen-bond acceptors (Lipinski definition) is 4. The van der Waals surface area contributed by atoms with Crippen LogP contribution in [-0.4, -0.2) is 11.1 Å². The Morgan fingerprint density at radius 3 is 2.60 bits per heavy atom. The summed E-state index contributed by atoms with van der Waals surface area (Å²) in [6.45, 7) is 0. The Morgan fingerprint density at radius 1 is 1.20 bits per heavy atom. The maximum atomic E-state index is 11.5. The third-order valence-corrected chi connectivity index (χ3v) is 4.01. The van der Waals surface area contributed by atoms with Gasteiger partial charge in [-0.3, -0.25) is 4.79 Å². The van der Waals surface area contributed by atoms with E-state index in [0.29, 0.717) is 10.7 Å². The molecule has 0 spiro atoms. The molecule has 0 bridgehead atoms. The highest BCUT2D eigenvalue weighted by atomic mass is 79.9. The van der Waals surface area contributed by atoms with E-state index in [1.165, 1.54) is 0 Å². The molecule has 1 aromatic heterocycles. The molecule has 0 saturated carbocycles. The van der Waals surface area contributed by atoms with Crippen molar-refractivity contribution in [3.05, 3.63) is 51.5 Å². The molecule has 6 heteroatoms. The average molecular weight is 349 g/mol. The van der Waals surface area contributed by atoms with E-state index in [9.17, 15) is 4.79 Å². The first-order chi connectivity index (χ1) is 9.61. The van der Waals surface area contributed by atoms with Gasteiger partial charge in [0.15, 0.2) is 5.17 Å². The number of nitrogens with two attached hydrogens (primary N) is 1. The first-order valence-corrected chi connectivity index (χ1v) is 7.36. The Hall–Kier alpha value is -1.79.